The molecule has 1 aromatic heterocycles. The number of primary amides is 1. The van der Waals surface area contributed by atoms with Gasteiger partial charge in [-0.3, -0.25) is 9.69 Å². The highest BCUT2D eigenvalue weighted by Crippen LogP contribution is 2.46. The Morgan fingerprint density at radius 3 is 2.77 bits per heavy atom. The van der Waals surface area contributed by atoms with Gasteiger partial charge in [-0.05, 0) is 62.9 Å². The van der Waals surface area contributed by atoms with Crippen LogP contribution in [-0.4, -0.2) is 28.4 Å². The normalized spacial score (nSPS) is 23.5. The Labute approximate surface area is 178 Å². The van der Waals surface area contributed by atoms with E-state index in [4.69, 9.17) is 5.73 Å². The fourth-order valence-electron chi connectivity index (χ4n) is 5.78. The molecule has 0 spiro atoms. The molecule has 3 aromatic rings. The van der Waals surface area contributed by atoms with Crippen LogP contribution in [-0.2, 0) is 16.8 Å². The Hall–Kier alpha value is -2.59. The number of nitrogens with two attached hydrogens (primary N) is 1. The fraction of sp³-hybridized carbons (Fsp3) is 0.423. The molecule has 2 aliphatic rings. The summed E-state index contributed by atoms with van der Waals surface area (Å²) in [5, 5.41) is 1.33. The van der Waals surface area contributed by atoms with Crippen LogP contribution in [0.15, 0.2) is 48.5 Å². The quantitative estimate of drug-likeness (QED) is 0.662. The molecule has 2 aliphatic heterocycles. The van der Waals surface area contributed by atoms with Crippen LogP contribution < -0.4 is 5.73 Å². The van der Waals surface area contributed by atoms with Gasteiger partial charge < -0.3 is 10.7 Å². The van der Waals surface area contributed by atoms with E-state index in [1.807, 2.05) is 37.3 Å². The SMILES string of the molecule is Cc1ccc2[nH]c3c(c2c1)CN1CCCCC1C3CC(C)(C(N)=O)c1ccccc1. The first kappa shape index (κ1) is 19.4. The Balaban J connectivity index is 1.64. The molecule has 1 saturated heterocycles. The number of aryl methyl sites for hydroxylation is 1. The summed E-state index contributed by atoms with van der Waals surface area (Å²) in [7, 11) is 0. The second-order valence-electron chi connectivity index (χ2n) is 9.47. The molecular formula is C26H31N3O. The topological polar surface area (TPSA) is 62.1 Å². The largest absolute Gasteiger partial charge is 0.369 e. The van der Waals surface area contributed by atoms with Crippen molar-refractivity contribution in [1.29, 1.82) is 0 Å². The number of nitrogens with zero attached hydrogens (tertiary/aromatic N) is 1. The highest BCUT2D eigenvalue weighted by Gasteiger charge is 2.44. The smallest absolute Gasteiger partial charge is 0.227 e. The van der Waals surface area contributed by atoms with Gasteiger partial charge in [0.1, 0.15) is 0 Å². The van der Waals surface area contributed by atoms with Gasteiger partial charge in [-0.25, -0.2) is 0 Å². The maximum Gasteiger partial charge on any atom is 0.227 e. The molecule has 3 unspecified atom stereocenters. The minimum absolute atomic E-state index is 0.241. The molecule has 5 rings (SSSR count). The fourth-order valence-corrected chi connectivity index (χ4v) is 5.78. The van der Waals surface area contributed by atoms with Crippen molar-refractivity contribution in [1.82, 2.24) is 9.88 Å². The number of piperidine rings is 1. The number of nitrogens with one attached hydrogen (secondary N) is 1. The summed E-state index contributed by atoms with van der Waals surface area (Å²) in [6.07, 6.45) is 4.42. The van der Waals surface area contributed by atoms with Crippen molar-refractivity contribution < 1.29 is 4.79 Å². The van der Waals surface area contributed by atoms with Gasteiger partial charge in [0.15, 0.2) is 0 Å². The lowest BCUT2D eigenvalue weighted by atomic mass is 9.69. The van der Waals surface area contributed by atoms with E-state index in [1.54, 1.807) is 0 Å². The summed E-state index contributed by atoms with van der Waals surface area (Å²) >= 11 is 0. The lowest BCUT2D eigenvalue weighted by Crippen LogP contribution is -2.49. The predicted molar refractivity (Wildman–Crippen MR) is 121 cm³/mol. The first-order chi connectivity index (χ1) is 14.5. The zero-order valence-electron chi connectivity index (χ0n) is 17.9. The lowest BCUT2D eigenvalue weighted by molar-refractivity contribution is -0.123. The molecule has 156 valence electrons. The number of fused-ring (bicyclic) bond motifs is 4. The minimum atomic E-state index is -0.698. The average molecular weight is 402 g/mol. The molecule has 2 aromatic carbocycles. The van der Waals surface area contributed by atoms with Gasteiger partial charge in [-0.1, -0.05) is 48.4 Å². The van der Waals surface area contributed by atoms with E-state index in [2.05, 4.69) is 35.0 Å². The van der Waals surface area contributed by atoms with E-state index in [1.165, 1.54) is 47.0 Å². The molecule has 0 aliphatic carbocycles. The zero-order chi connectivity index (χ0) is 20.9. The predicted octanol–water partition coefficient (Wildman–Crippen LogP) is 4.76. The number of benzene rings is 2. The van der Waals surface area contributed by atoms with Crippen LogP contribution in [0.3, 0.4) is 0 Å². The monoisotopic (exact) mass is 401 g/mol. The molecule has 1 fully saturated rings. The number of carbonyl (C=O) groups is 1. The third-order valence-corrected chi connectivity index (χ3v) is 7.54. The summed E-state index contributed by atoms with van der Waals surface area (Å²) in [6, 6.07) is 17.2. The number of aromatic amines is 1. The minimum Gasteiger partial charge on any atom is -0.369 e. The van der Waals surface area contributed by atoms with Gasteiger partial charge >= 0.3 is 0 Å². The van der Waals surface area contributed by atoms with E-state index in [0.29, 0.717) is 6.04 Å². The van der Waals surface area contributed by atoms with Crippen LogP contribution in [0.2, 0.25) is 0 Å². The van der Waals surface area contributed by atoms with Crippen LogP contribution in [0.25, 0.3) is 10.9 Å². The first-order valence-electron chi connectivity index (χ1n) is 11.2. The van der Waals surface area contributed by atoms with Gasteiger partial charge in [0.25, 0.3) is 0 Å². The molecule has 4 heteroatoms. The molecule has 3 atom stereocenters. The van der Waals surface area contributed by atoms with E-state index >= 15 is 0 Å². The summed E-state index contributed by atoms with van der Waals surface area (Å²) in [6.45, 7) is 6.32. The summed E-state index contributed by atoms with van der Waals surface area (Å²) in [5.41, 5.74) is 11.6. The van der Waals surface area contributed by atoms with Crippen molar-refractivity contribution in [2.45, 2.75) is 63.5 Å². The third-order valence-electron chi connectivity index (χ3n) is 7.54. The number of rotatable bonds is 4. The van der Waals surface area contributed by atoms with Crippen LogP contribution in [0.1, 0.15) is 60.9 Å². The van der Waals surface area contributed by atoms with Crippen molar-refractivity contribution >= 4 is 16.8 Å². The maximum absolute atomic E-state index is 12.8. The second kappa shape index (κ2) is 7.28. The molecule has 3 heterocycles. The van der Waals surface area contributed by atoms with Crippen LogP contribution in [0.5, 0.6) is 0 Å². The Bertz CT molecular complexity index is 1090. The first-order valence-corrected chi connectivity index (χ1v) is 11.2. The van der Waals surface area contributed by atoms with Crippen molar-refractivity contribution in [3.05, 3.63) is 70.9 Å². The second-order valence-corrected chi connectivity index (χ2v) is 9.47. The Kier molecular flexibility index (Phi) is 4.70. The number of hydrogen-bond donors (Lipinski definition) is 2. The van der Waals surface area contributed by atoms with E-state index < -0.39 is 5.41 Å². The maximum atomic E-state index is 12.8. The number of hydrogen-bond acceptors (Lipinski definition) is 2. The van der Waals surface area contributed by atoms with E-state index in [0.717, 1.165) is 25.1 Å². The molecule has 1 amide bonds. The number of H-pyrrole nitrogens is 1. The van der Waals surface area contributed by atoms with Gasteiger partial charge in [-0.15, -0.1) is 0 Å². The molecule has 4 nitrogen and oxygen atoms in total. The van der Waals surface area contributed by atoms with Crippen LogP contribution in [0.4, 0.5) is 0 Å². The summed E-state index contributed by atoms with van der Waals surface area (Å²) in [4.78, 5) is 19.2. The highest BCUT2D eigenvalue weighted by molar-refractivity contribution is 5.87. The van der Waals surface area contributed by atoms with Crippen LogP contribution >= 0.6 is 0 Å². The van der Waals surface area contributed by atoms with Gasteiger partial charge in [0.2, 0.25) is 5.91 Å². The lowest BCUT2D eigenvalue weighted by Gasteiger charge is -2.46. The number of amides is 1. The van der Waals surface area contributed by atoms with Crippen molar-refractivity contribution in [2.24, 2.45) is 5.73 Å². The van der Waals surface area contributed by atoms with Gasteiger partial charge in [0, 0.05) is 35.1 Å². The molecular weight excluding hydrogens is 370 g/mol. The Morgan fingerprint density at radius 2 is 2.00 bits per heavy atom. The number of aromatic nitrogens is 1. The van der Waals surface area contributed by atoms with Crippen molar-refractivity contribution in [3.63, 3.8) is 0 Å². The molecule has 0 radical (unpaired) electrons. The third kappa shape index (κ3) is 3.05. The standard InChI is InChI=1S/C26H31N3O/c1-17-11-12-22-19(14-17)21-16-29-13-7-6-10-23(29)20(24(21)28-22)15-26(2,25(27)30)18-8-4-3-5-9-18/h3-5,8-9,11-12,14,20,23,28H,6-7,10,13,15-16H2,1-2H3,(H2,27,30). The van der Waals surface area contributed by atoms with E-state index in [9.17, 15) is 4.79 Å². The molecule has 0 bridgehead atoms. The average Bonchev–Trinajstić information content (AvgIpc) is 3.11. The summed E-state index contributed by atoms with van der Waals surface area (Å²) < 4.78 is 0. The molecule has 3 N–H and O–H groups in total. The zero-order valence-corrected chi connectivity index (χ0v) is 17.9. The number of carbonyl (C=O) groups excluding carboxylic acids is 1. The Morgan fingerprint density at radius 1 is 1.20 bits per heavy atom. The van der Waals surface area contributed by atoms with Gasteiger partial charge in [0.05, 0.1) is 5.41 Å². The van der Waals surface area contributed by atoms with Crippen molar-refractivity contribution in [2.75, 3.05) is 6.54 Å². The van der Waals surface area contributed by atoms with Crippen molar-refractivity contribution in [3.8, 4) is 0 Å². The highest BCUT2D eigenvalue weighted by atomic mass is 16.1. The van der Waals surface area contributed by atoms with Gasteiger partial charge in [-0.2, -0.15) is 0 Å². The van der Waals surface area contributed by atoms with E-state index in [-0.39, 0.29) is 11.8 Å². The summed E-state index contributed by atoms with van der Waals surface area (Å²) in [5.74, 6) is 0.0228. The molecule has 30 heavy (non-hydrogen) atoms. The van der Waals surface area contributed by atoms with Crippen LogP contribution in [0, 0.1) is 6.92 Å². The molecule has 0 saturated carbocycles.